The Morgan fingerprint density at radius 1 is 1.27 bits per heavy atom. The SMILES string of the molecule is CCCCN1CCC(O)CC1.Cl.Nc1ccc(C(=O)O)cc1. The Hall–Kier alpha value is -1.30. The van der Waals surface area contributed by atoms with Gasteiger partial charge in [0.2, 0.25) is 0 Å². The molecule has 0 atom stereocenters. The lowest BCUT2D eigenvalue weighted by Gasteiger charge is -2.29. The summed E-state index contributed by atoms with van der Waals surface area (Å²) in [6.45, 7) is 5.64. The number of carboxylic acid groups (broad SMARTS) is 1. The van der Waals surface area contributed by atoms with Gasteiger partial charge in [-0.2, -0.15) is 0 Å². The van der Waals surface area contributed by atoms with Gasteiger partial charge in [0.15, 0.2) is 0 Å². The van der Waals surface area contributed by atoms with Crippen LogP contribution in [0.25, 0.3) is 0 Å². The predicted molar refractivity (Wildman–Crippen MR) is 91.7 cm³/mol. The minimum absolute atomic E-state index is 0. The molecule has 0 radical (unpaired) electrons. The fraction of sp³-hybridized carbons (Fsp3) is 0.562. The predicted octanol–water partition coefficient (Wildman–Crippen LogP) is 2.63. The average Bonchev–Trinajstić information content (AvgIpc) is 2.48. The number of likely N-dealkylation sites (tertiary alicyclic amines) is 1. The number of nitrogens with two attached hydrogens (primary N) is 1. The quantitative estimate of drug-likeness (QED) is 0.739. The van der Waals surface area contributed by atoms with E-state index in [0.29, 0.717) is 5.69 Å². The summed E-state index contributed by atoms with van der Waals surface area (Å²) in [4.78, 5) is 12.7. The van der Waals surface area contributed by atoms with Gasteiger partial charge in [0.1, 0.15) is 0 Å². The van der Waals surface area contributed by atoms with Gasteiger partial charge >= 0.3 is 5.97 Å². The van der Waals surface area contributed by atoms with E-state index in [-0.39, 0.29) is 24.1 Å². The molecule has 126 valence electrons. The van der Waals surface area contributed by atoms with E-state index in [1.54, 1.807) is 12.1 Å². The van der Waals surface area contributed by atoms with Crippen molar-refractivity contribution in [2.75, 3.05) is 25.4 Å². The van der Waals surface area contributed by atoms with Crippen LogP contribution in [-0.4, -0.2) is 46.8 Å². The topological polar surface area (TPSA) is 86.8 Å². The highest BCUT2D eigenvalue weighted by atomic mass is 35.5. The monoisotopic (exact) mass is 330 g/mol. The first-order valence-corrected chi connectivity index (χ1v) is 7.52. The van der Waals surface area contributed by atoms with E-state index in [1.165, 1.54) is 31.5 Å². The van der Waals surface area contributed by atoms with Gasteiger partial charge in [0.25, 0.3) is 0 Å². The number of anilines is 1. The zero-order chi connectivity index (χ0) is 15.7. The molecule has 0 saturated carbocycles. The molecule has 1 aliphatic heterocycles. The van der Waals surface area contributed by atoms with E-state index in [9.17, 15) is 9.90 Å². The Kier molecular flexibility index (Phi) is 10.6. The number of nitrogen functional groups attached to an aromatic ring is 1. The fourth-order valence-electron chi connectivity index (χ4n) is 2.15. The van der Waals surface area contributed by atoms with E-state index >= 15 is 0 Å². The molecule has 4 N–H and O–H groups in total. The van der Waals surface area contributed by atoms with Crippen molar-refractivity contribution in [2.24, 2.45) is 0 Å². The van der Waals surface area contributed by atoms with Gasteiger partial charge in [0, 0.05) is 18.8 Å². The summed E-state index contributed by atoms with van der Waals surface area (Å²) in [5.41, 5.74) is 6.17. The number of aliphatic hydroxyl groups is 1. The van der Waals surface area contributed by atoms with Crippen LogP contribution in [0.2, 0.25) is 0 Å². The molecular weight excluding hydrogens is 304 g/mol. The third-order valence-electron chi connectivity index (χ3n) is 3.54. The maximum Gasteiger partial charge on any atom is 0.335 e. The van der Waals surface area contributed by atoms with Crippen LogP contribution in [0.4, 0.5) is 5.69 Å². The fourth-order valence-corrected chi connectivity index (χ4v) is 2.15. The minimum atomic E-state index is -0.931. The number of hydrogen-bond acceptors (Lipinski definition) is 4. The summed E-state index contributed by atoms with van der Waals surface area (Å²) in [6, 6.07) is 6.06. The Morgan fingerprint density at radius 2 is 1.82 bits per heavy atom. The molecule has 22 heavy (non-hydrogen) atoms. The Bertz CT molecular complexity index is 415. The molecule has 1 aliphatic rings. The standard InChI is InChI=1S/C9H19NO.C7H7NO2.ClH/c1-2-3-6-10-7-4-9(11)5-8-10;8-6-3-1-5(2-4-6)7(9)10;/h9,11H,2-8H2,1H3;1-4H,8H2,(H,9,10);1H. The number of piperidine rings is 1. The molecular formula is C16H27ClN2O3. The Morgan fingerprint density at radius 3 is 2.27 bits per heavy atom. The Balaban J connectivity index is 0.000000385. The van der Waals surface area contributed by atoms with Gasteiger partial charge in [-0.15, -0.1) is 12.4 Å². The molecule has 1 fully saturated rings. The number of halogens is 1. The van der Waals surface area contributed by atoms with Gasteiger partial charge in [-0.1, -0.05) is 13.3 Å². The normalized spacial score (nSPS) is 15.4. The number of benzene rings is 1. The first kappa shape index (κ1) is 20.7. The van der Waals surface area contributed by atoms with Gasteiger partial charge in [-0.05, 0) is 50.1 Å². The van der Waals surface area contributed by atoms with Crippen molar-refractivity contribution in [2.45, 2.75) is 38.7 Å². The van der Waals surface area contributed by atoms with Gasteiger partial charge in [-0.25, -0.2) is 4.79 Å². The number of unbranched alkanes of at least 4 members (excludes halogenated alkanes) is 1. The molecule has 1 heterocycles. The highest BCUT2D eigenvalue weighted by Gasteiger charge is 2.15. The first-order valence-electron chi connectivity index (χ1n) is 7.52. The smallest absolute Gasteiger partial charge is 0.335 e. The molecule has 0 aliphatic carbocycles. The second-order valence-electron chi connectivity index (χ2n) is 5.35. The summed E-state index contributed by atoms with van der Waals surface area (Å²) in [7, 11) is 0. The molecule has 1 saturated heterocycles. The van der Waals surface area contributed by atoms with Crippen LogP contribution in [0.15, 0.2) is 24.3 Å². The van der Waals surface area contributed by atoms with Crippen molar-refractivity contribution < 1.29 is 15.0 Å². The third kappa shape index (κ3) is 8.22. The maximum atomic E-state index is 10.3. The van der Waals surface area contributed by atoms with Crippen molar-refractivity contribution >= 4 is 24.1 Å². The summed E-state index contributed by atoms with van der Waals surface area (Å²) >= 11 is 0. The van der Waals surface area contributed by atoms with E-state index in [2.05, 4.69) is 11.8 Å². The van der Waals surface area contributed by atoms with Crippen LogP contribution in [0.5, 0.6) is 0 Å². The van der Waals surface area contributed by atoms with Crippen LogP contribution < -0.4 is 5.73 Å². The summed E-state index contributed by atoms with van der Waals surface area (Å²) in [5.74, 6) is -0.931. The number of aromatic carboxylic acids is 1. The molecule has 1 aromatic carbocycles. The number of rotatable bonds is 4. The van der Waals surface area contributed by atoms with E-state index in [1.807, 2.05) is 0 Å². The highest BCUT2D eigenvalue weighted by Crippen LogP contribution is 2.10. The van der Waals surface area contributed by atoms with Crippen molar-refractivity contribution in [1.82, 2.24) is 4.90 Å². The number of carboxylic acids is 1. The number of hydrogen-bond donors (Lipinski definition) is 3. The largest absolute Gasteiger partial charge is 0.478 e. The average molecular weight is 331 g/mol. The number of carbonyl (C=O) groups is 1. The van der Waals surface area contributed by atoms with Crippen molar-refractivity contribution in [3.8, 4) is 0 Å². The number of aliphatic hydroxyl groups excluding tert-OH is 1. The second-order valence-corrected chi connectivity index (χ2v) is 5.35. The van der Waals surface area contributed by atoms with Crippen molar-refractivity contribution in [3.63, 3.8) is 0 Å². The molecule has 0 unspecified atom stereocenters. The lowest BCUT2D eigenvalue weighted by Crippen LogP contribution is -2.36. The third-order valence-corrected chi connectivity index (χ3v) is 3.54. The van der Waals surface area contributed by atoms with E-state index in [4.69, 9.17) is 10.8 Å². The van der Waals surface area contributed by atoms with Crippen molar-refractivity contribution in [1.29, 1.82) is 0 Å². The van der Waals surface area contributed by atoms with Gasteiger partial charge < -0.3 is 20.8 Å². The second kappa shape index (κ2) is 11.3. The molecule has 5 nitrogen and oxygen atoms in total. The molecule has 0 aromatic heterocycles. The Labute approximate surface area is 138 Å². The van der Waals surface area contributed by atoms with Crippen LogP contribution >= 0.6 is 12.4 Å². The molecule has 2 rings (SSSR count). The summed E-state index contributed by atoms with van der Waals surface area (Å²) < 4.78 is 0. The van der Waals surface area contributed by atoms with Crippen LogP contribution in [0.3, 0.4) is 0 Å². The van der Waals surface area contributed by atoms with E-state index < -0.39 is 5.97 Å². The highest BCUT2D eigenvalue weighted by molar-refractivity contribution is 5.87. The molecule has 0 amide bonds. The van der Waals surface area contributed by atoms with Crippen LogP contribution in [0.1, 0.15) is 43.0 Å². The molecule has 1 aromatic rings. The minimum Gasteiger partial charge on any atom is -0.478 e. The van der Waals surface area contributed by atoms with Crippen LogP contribution in [-0.2, 0) is 0 Å². The molecule has 0 spiro atoms. The van der Waals surface area contributed by atoms with Crippen LogP contribution in [0, 0.1) is 0 Å². The lowest BCUT2D eigenvalue weighted by atomic mass is 10.1. The summed E-state index contributed by atoms with van der Waals surface area (Å²) in [6.07, 6.45) is 4.51. The van der Waals surface area contributed by atoms with Crippen molar-refractivity contribution in [3.05, 3.63) is 29.8 Å². The number of nitrogens with zero attached hydrogens (tertiary/aromatic N) is 1. The lowest BCUT2D eigenvalue weighted by molar-refractivity contribution is 0.0696. The zero-order valence-electron chi connectivity index (χ0n) is 13.1. The first-order chi connectivity index (χ1) is 10.0. The van der Waals surface area contributed by atoms with Gasteiger partial charge in [0.05, 0.1) is 11.7 Å². The maximum absolute atomic E-state index is 10.3. The van der Waals surface area contributed by atoms with E-state index in [0.717, 1.165) is 25.9 Å². The zero-order valence-corrected chi connectivity index (χ0v) is 13.9. The molecule has 0 bridgehead atoms. The summed E-state index contributed by atoms with van der Waals surface area (Å²) in [5, 5.41) is 17.7. The van der Waals surface area contributed by atoms with Gasteiger partial charge in [-0.3, -0.25) is 0 Å². The molecule has 6 heteroatoms.